The minimum Gasteiger partial charge on any atom is -0.0616 e. The molecule has 0 nitrogen and oxygen atoms in total. The molecule has 0 unspecified atom stereocenters. The molecule has 0 fully saturated rings. The van der Waals surface area contributed by atoms with Crippen molar-refractivity contribution in [3.63, 3.8) is 0 Å². The van der Waals surface area contributed by atoms with E-state index < -0.39 is 0 Å². The molecule has 0 atom stereocenters. The van der Waals surface area contributed by atoms with Crippen molar-refractivity contribution in [1.29, 1.82) is 0 Å². The lowest BCUT2D eigenvalue weighted by atomic mass is 9.87. The Hall–Kier alpha value is -4.42. The maximum atomic E-state index is 2.48. The third-order valence-electron chi connectivity index (χ3n) is 8.70. The first-order valence-electron chi connectivity index (χ1n) is 13.5. The van der Waals surface area contributed by atoms with Gasteiger partial charge < -0.3 is 0 Å². The second-order valence-corrected chi connectivity index (χ2v) is 11.2. The summed E-state index contributed by atoms with van der Waals surface area (Å²) in [5.74, 6) is 0. The van der Waals surface area contributed by atoms with Crippen LogP contribution in [0.15, 0.2) is 97.1 Å². The van der Waals surface area contributed by atoms with E-state index in [2.05, 4.69) is 125 Å². The first-order chi connectivity index (χ1) is 18.5. The molecule has 0 N–H and O–H groups in total. The summed E-state index contributed by atoms with van der Waals surface area (Å²) in [6, 6.07) is 36.8. The Labute approximate surface area is 223 Å². The molecule has 1 aliphatic carbocycles. The summed E-state index contributed by atoms with van der Waals surface area (Å²) in [6.45, 7) is 8.96. The summed E-state index contributed by atoms with van der Waals surface area (Å²) in [7, 11) is 0. The summed E-state index contributed by atoms with van der Waals surface area (Å²) >= 11 is 0. The molecule has 0 heterocycles. The van der Waals surface area contributed by atoms with Crippen molar-refractivity contribution in [2.45, 2.75) is 27.7 Å². The van der Waals surface area contributed by atoms with Gasteiger partial charge in [-0.05, 0) is 127 Å². The van der Waals surface area contributed by atoms with Crippen LogP contribution in [0.3, 0.4) is 0 Å². The lowest BCUT2D eigenvalue weighted by Gasteiger charge is -2.17. The Morgan fingerprint density at radius 3 is 2.03 bits per heavy atom. The van der Waals surface area contributed by atoms with Gasteiger partial charge >= 0.3 is 0 Å². The topological polar surface area (TPSA) is 0 Å². The van der Waals surface area contributed by atoms with Crippen molar-refractivity contribution in [1.82, 2.24) is 0 Å². The number of aryl methyl sites for hydroxylation is 4. The molecule has 0 amide bonds. The number of hydrogen-bond donors (Lipinski definition) is 0. The molecular weight excluding hydrogens is 456 g/mol. The zero-order valence-corrected chi connectivity index (χ0v) is 22.2. The molecule has 8 rings (SSSR count). The van der Waals surface area contributed by atoms with Crippen LogP contribution in [0.25, 0.3) is 76.5 Å². The molecule has 0 spiro atoms. The van der Waals surface area contributed by atoms with Gasteiger partial charge in [0, 0.05) is 0 Å². The van der Waals surface area contributed by atoms with E-state index in [0.29, 0.717) is 0 Å². The molecule has 7 aromatic rings. The molecule has 0 aromatic heterocycles. The number of hydrogen-bond acceptors (Lipinski definition) is 0. The maximum Gasteiger partial charge on any atom is -0.00171 e. The standard InChI is InChI=1S/C38H28/c1-21-12-14-28-30(17-21)31(27-11-7-9-25-8-5-6-10-26(25)27)19-33-29-15-13-23(3)37-36-24(4)16-22(2)18-34(36)35(38(29)37)20-32(28)33/h5-20H,1-4H3. The van der Waals surface area contributed by atoms with Crippen molar-refractivity contribution < 1.29 is 0 Å². The smallest absolute Gasteiger partial charge is 0.00171 e. The van der Waals surface area contributed by atoms with E-state index in [1.54, 1.807) is 0 Å². The molecule has 38 heavy (non-hydrogen) atoms. The van der Waals surface area contributed by atoms with Crippen LogP contribution in [0.5, 0.6) is 0 Å². The van der Waals surface area contributed by atoms with Crippen molar-refractivity contribution in [3.05, 3.63) is 119 Å². The first kappa shape index (κ1) is 21.6. The summed E-state index contributed by atoms with van der Waals surface area (Å²) in [5.41, 5.74) is 13.6. The molecule has 0 radical (unpaired) electrons. The summed E-state index contributed by atoms with van der Waals surface area (Å²) in [6.07, 6.45) is 0. The van der Waals surface area contributed by atoms with Crippen LogP contribution >= 0.6 is 0 Å². The van der Waals surface area contributed by atoms with Gasteiger partial charge in [-0.1, -0.05) is 96.1 Å². The van der Waals surface area contributed by atoms with Crippen LogP contribution in [0.4, 0.5) is 0 Å². The molecule has 7 aromatic carbocycles. The third-order valence-corrected chi connectivity index (χ3v) is 8.70. The van der Waals surface area contributed by atoms with Crippen LogP contribution in [-0.2, 0) is 0 Å². The Balaban J connectivity index is 1.60. The summed E-state index contributed by atoms with van der Waals surface area (Å²) in [4.78, 5) is 0. The summed E-state index contributed by atoms with van der Waals surface area (Å²) < 4.78 is 0. The van der Waals surface area contributed by atoms with Gasteiger partial charge in [-0.3, -0.25) is 0 Å². The van der Waals surface area contributed by atoms with Crippen molar-refractivity contribution >= 4 is 43.1 Å². The van der Waals surface area contributed by atoms with E-state index in [9.17, 15) is 0 Å². The molecule has 0 saturated heterocycles. The average molecular weight is 485 g/mol. The second kappa shape index (κ2) is 7.55. The van der Waals surface area contributed by atoms with Gasteiger partial charge in [-0.25, -0.2) is 0 Å². The van der Waals surface area contributed by atoms with Gasteiger partial charge in [0.25, 0.3) is 0 Å². The highest BCUT2D eigenvalue weighted by atomic mass is 14.3. The lowest BCUT2D eigenvalue weighted by molar-refractivity contribution is 1.38. The molecule has 180 valence electrons. The SMILES string of the molecule is Cc1cc(C)c2c(c1)-c1cc3c4ccc(C)cc4c(-c4cccc5ccccc45)cc3c3ccc(C)c-2c13. The van der Waals surface area contributed by atoms with E-state index in [4.69, 9.17) is 0 Å². The van der Waals surface area contributed by atoms with Crippen LogP contribution in [0, 0.1) is 27.7 Å². The first-order valence-corrected chi connectivity index (χ1v) is 13.5. The van der Waals surface area contributed by atoms with Crippen molar-refractivity contribution in [3.8, 4) is 33.4 Å². The van der Waals surface area contributed by atoms with Crippen LogP contribution < -0.4 is 0 Å². The number of rotatable bonds is 1. The van der Waals surface area contributed by atoms with E-state index in [1.165, 1.54) is 98.7 Å². The van der Waals surface area contributed by atoms with Gasteiger partial charge in [-0.15, -0.1) is 0 Å². The van der Waals surface area contributed by atoms with Gasteiger partial charge in [0.15, 0.2) is 0 Å². The van der Waals surface area contributed by atoms with Crippen LogP contribution in [0.2, 0.25) is 0 Å². The van der Waals surface area contributed by atoms with E-state index >= 15 is 0 Å². The molecular formula is C38H28. The van der Waals surface area contributed by atoms with Crippen LogP contribution in [0.1, 0.15) is 22.3 Å². The fourth-order valence-electron chi connectivity index (χ4n) is 7.10. The van der Waals surface area contributed by atoms with Gasteiger partial charge in [0.05, 0.1) is 0 Å². The Morgan fingerprint density at radius 2 is 1.13 bits per heavy atom. The zero-order chi connectivity index (χ0) is 25.7. The Kier molecular flexibility index (Phi) is 4.30. The monoisotopic (exact) mass is 484 g/mol. The third kappa shape index (κ3) is 2.81. The predicted octanol–water partition coefficient (Wildman–Crippen LogP) is 10.8. The highest BCUT2D eigenvalue weighted by Crippen LogP contribution is 2.53. The van der Waals surface area contributed by atoms with Gasteiger partial charge in [-0.2, -0.15) is 0 Å². The van der Waals surface area contributed by atoms with Crippen molar-refractivity contribution in [2.24, 2.45) is 0 Å². The Morgan fingerprint density at radius 1 is 0.368 bits per heavy atom. The molecule has 0 heteroatoms. The molecule has 1 aliphatic rings. The minimum atomic E-state index is 1.28. The molecule has 0 saturated carbocycles. The highest BCUT2D eigenvalue weighted by molar-refractivity contribution is 6.29. The van der Waals surface area contributed by atoms with E-state index in [-0.39, 0.29) is 0 Å². The van der Waals surface area contributed by atoms with Gasteiger partial charge in [0.1, 0.15) is 0 Å². The quantitative estimate of drug-likeness (QED) is 0.203. The number of benzene rings is 7. The van der Waals surface area contributed by atoms with E-state index in [0.717, 1.165) is 0 Å². The second-order valence-electron chi connectivity index (χ2n) is 11.2. The highest BCUT2D eigenvalue weighted by Gasteiger charge is 2.27. The van der Waals surface area contributed by atoms with Crippen LogP contribution in [-0.4, -0.2) is 0 Å². The predicted molar refractivity (Wildman–Crippen MR) is 165 cm³/mol. The zero-order valence-electron chi connectivity index (χ0n) is 22.2. The largest absolute Gasteiger partial charge is 0.0616 e. The fraction of sp³-hybridized carbons (Fsp3) is 0.105. The maximum absolute atomic E-state index is 2.48. The van der Waals surface area contributed by atoms with Crippen molar-refractivity contribution in [2.75, 3.05) is 0 Å². The lowest BCUT2D eigenvalue weighted by Crippen LogP contribution is -1.90. The van der Waals surface area contributed by atoms with Gasteiger partial charge in [0.2, 0.25) is 0 Å². The van der Waals surface area contributed by atoms with E-state index in [1.807, 2.05) is 0 Å². The summed E-state index contributed by atoms with van der Waals surface area (Å²) in [5, 5.41) is 10.7. The number of fused-ring (bicyclic) bond motifs is 8. The molecule has 0 bridgehead atoms. The Bertz CT molecular complexity index is 2150. The molecule has 0 aliphatic heterocycles. The normalized spacial score (nSPS) is 12.2. The fourth-order valence-corrected chi connectivity index (χ4v) is 7.10. The minimum absolute atomic E-state index is 1.28. The average Bonchev–Trinajstić information content (AvgIpc) is 3.25.